The summed E-state index contributed by atoms with van der Waals surface area (Å²) in [6.45, 7) is 6.52. The molecule has 1 heteroatoms. The van der Waals surface area contributed by atoms with Gasteiger partial charge in [0.1, 0.15) is 0 Å². The van der Waals surface area contributed by atoms with E-state index < -0.39 is 0 Å². The molecule has 0 bridgehead atoms. The maximum atomic E-state index is 11.8. The highest BCUT2D eigenvalue weighted by atomic mass is 16.1. The van der Waals surface area contributed by atoms with Gasteiger partial charge in [-0.3, -0.25) is 4.79 Å². The molecule has 0 saturated heterocycles. The van der Waals surface area contributed by atoms with Crippen molar-refractivity contribution in [3.05, 3.63) is 23.3 Å². The molecule has 0 aliphatic heterocycles. The van der Waals surface area contributed by atoms with Crippen molar-refractivity contribution in [1.29, 1.82) is 0 Å². The molecule has 16 heavy (non-hydrogen) atoms. The van der Waals surface area contributed by atoms with Gasteiger partial charge in [-0.25, -0.2) is 0 Å². The molecule has 90 valence electrons. The minimum atomic E-state index is 0.406. The zero-order valence-corrected chi connectivity index (χ0v) is 10.9. The van der Waals surface area contributed by atoms with Gasteiger partial charge in [0.2, 0.25) is 0 Å². The van der Waals surface area contributed by atoms with E-state index >= 15 is 0 Å². The van der Waals surface area contributed by atoms with Crippen LogP contribution < -0.4 is 0 Å². The summed E-state index contributed by atoms with van der Waals surface area (Å²) in [6, 6.07) is 0. The number of carbonyl (C=O) groups excluding carboxylic acids is 1. The lowest BCUT2D eigenvalue weighted by Crippen LogP contribution is -2.07. The smallest absolute Gasteiger partial charge is 0.159 e. The van der Waals surface area contributed by atoms with Crippen LogP contribution in [0, 0.1) is 5.92 Å². The average molecular weight is 220 g/mol. The van der Waals surface area contributed by atoms with Crippen molar-refractivity contribution >= 4 is 5.78 Å². The first-order valence-electron chi connectivity index (χ1n) is 6.60. The van der Waals surface area contributed by atoms with Crippen LogP contribution in [0.2, 0.25) is 0 Å². The minimum absolute atomic E-state index is 0.406. The fourth-order valence-electron chi connectivity index (χ4n) is 2.50. The molecule has 0 fully saturated rings. The third-order valence-electron chi connectivity index (χ3n) is 3.42. The molecule has 0 radical (unpaired) electrons. The van der Waals surface area contributed by atoms with Gasteiger partial charge in [0.05, 0.1) is 0 Å². The quantitative estimate of drug-likeness (QED) is 0.605. The summed E-state index contributed by atoms with van der Waals surface area (Å²) >= 11 is 0. The van der Waals surface area contributed by atoms with Crippen LogP contribution in [0.3, 0.4) is 0 Å². The van der Waals surface area contributed by atoms with Crippen molar-refractivity contribution in [2.24, 2.45) is 5.92 Å². The molecule has 0 spiro atoms. The molecular formula is C15H24O. The van der Waals surface area contributed by atoms with Crippen molar-refractivity contribution in [3.8, 4) is 0 Å². The Hall–Kier alpha value is -0.850. The fourth-order valence-corrected chi connectivity index (χ4v) is 2.50. The summed E-state index contributed by atoms with van der Waals surface area (Å²) in [5.74, 6) is 0.857. The average Bonchev–Trinajstić information content (AvgIpc) is 2.65. The second-order valence-electron chi connectivity index (χ2n) is 4.65. The van der Waals surface area contributed by atoms with Crippen molar-refractivity contribution in [2.75, 3.05) is 0 Å². The Morgan fingerprint density at radius 2 is 2.00 bits per heavy atom. The second kappa shape index (κ2) is 6.67. The molecule has 1 nitrogen and oxygen atoms in total. The van der Waals surface area contributed by atoms with E-state index in [0.717, 1.165) is 44.1 Å². The van der Waals surface area contributed by atoms with Crippen LogP contribution in [0.5, 0.6) is 0 Å². The van der Waals surface area contributed by atoms with Crippen molar-refractivity contribution < 1.29 is 4.79 Å². The van der Waals surface area contributed by atoms with Gasteiger partial charge < -0.3 is 0 Å². The SMILES string of the molecule is CC/C=C/CCC(C)C1=C(CC)CCC1=O. The molecule has 1 aliphatic carbocycles. The van der Waals surface area contributed by atoms with Gasteiger partial charge in [-0.2, -0.15) is 0 Å². The van der Waals surface area contributed by atoms with E-state index in [1.54, 1.807) is 0 Å². The van der Waals surface area contributed by atoms with E-state index in [-0.39, 0.29) is 0 Å². The van der Waals surface area contributed by atoms with Gasteiger partial charge in [0, 0.05) is 6.42 Å². The predicted octanol–water partition coefficient (Wildman–Crippen LogP) is 4.44. The maximum absolute atomic E-state index is 11.8. The molecule has 1 aliphatic rings. The fraction of sp³-hybridized carbons (Fsp3) is 0.667. The van der Waals surface area contributed by atoms with Gasteiger partial charge in [-0.15, -0.1) is 0 Å². The number of Topliss-reactive ketones (excluding diaryl/α,β-unsaturated/α-hetero) is 1. The van der Waals surface area contributed by atoms with Crippen molar-refractivity contribution in [2.45, 2.75) is 59.3 Å². The van der Waals surface area contributed by atoms with Crippen LogP contribution in [-0.2, 0) is 4.79 Å². The highest BCUT2D eigenvalue weighted by Crippen LogP contribution is 2.32. The number of rotatable bonds is 6. The van der Waals surface area contributed by atoms with Gasteiger partial charge in [-0.05, 0) is 43.6 Å². The minimum Gasteiger partial charge on any atom is -0.295 e. The summed E-state index contributed by atoms with van der Waals surface area (Å²) in [5.41, 5.74) is 2.57. The monoisotopic (exact) mass is 220 g/mol. The Morgan fingerprint density at radius 1 is 1.25 bits per heavy atom. The highest BCUT2D eigenvalue weighted by Gasteiger charge is 2.25. The molecule has 0 saturated carbocycles. The van der Waals surface area contributed by atoms with E-state index in [1.807, 2.05) is 0 Å². The molecule has 0 heterocycles. The molecular weight excluding hydrogens is 196 g/mol. The third-order valence-corrected chi connectivity index (χ3v) is 3.42. The summed E-state index contributed by atoms with van der Waals surface area (Å²) in [5, 5.41) is 0. The van der Waals surface area contributed by atoms with Crippen LogP contribution >= 0.6 is 0 Å². The van der Waals surface area contributed by atoms with Crippen LogP contribution in [0.25, 0.3) is 0 Å². The molecule has 0 N–H and O–H groups in total. The van der Waals surface area contributed by atoms with Crippen molar-refractivity contribution in [3.63, 3.8) is 0 Å². The lowest BCUT2D eigenvalue weighted by molar-refractivity contribution is -0.115. The maximum Gasteiger partial charge on any atom is 0.159 e. The molecule has 0 aromatic heterocycles. The molecule has 1 rings (SSSR count). The Labute approximate surface area is 99.6 Å². The molecule has 0 amide bonds. The van der Waals surface area contributed by atoms with Gasteiger partial charge >= 0.3 is 0 Å². The zero-order valence-electron chi connectivity index (χ0n) is 10.9. The van der Waals surface area contributed by atoms with Gasteiger partial charge in [-0.1, -0.05) is 38.5 Å². The first-order valence-corrected chi connectivity index (χ1v) is 6.60. The van der Waals surface area contributed by atoms with E-state index in [4.69, 9.17) is 0 Å². The Morgan fingerprint density at radius 3 is 2.62 bits per heavy atom. The standard InChI is InChI=1S/C15H24O/c1-4-6-7-8-9-12(3)15-13(5-2)10-11-14(15)16/h6-7,12H,4-5,8-11H2,1-3H3/b7-6+. The summed E-state index contributed by atoms with van der Waals surface area (Å²) < 4.78 is 0. The topological polar surface area (TPSA) is 17.1 Å². The zero-order chi connectivity index (χ0) is 12.0. The summed E-state index contributed by atoms with van der Waals surface area (Å²) in [7, 11) is 0. The number of ketones is 1. The molecule has 0 aromatic rings. The highest BCUT2D eigenvalue weighted by molar-refractivity contribution is 5.99. The van der Waals surface area contributed by atoms with Crippen LogP contribution in [0.15, 0.2) is 23.3 Å². The summed E-state index contributed by atoms with van der Waals surface area (Å²) in [6.07, 6.45) is 10.6. The van der Waals surface area contributed by atoms with Crippen LogP contribution in [0.4, 0.5) is 0 Å². The number of carbonyl (C=O) groups is 1. The number of hydrogen-bond donors (Lipinski definition) is 0. The first kappa shape index (κ1) is 13.2. The van der Waals surface area contributed by atoms with E-state index in [1.165, 1.54) is 5.57 Å². The normalized spacial score (nSPS) is 18.8. The Bertz CT molecular complexity index is 297. The molecule has 1 atom stereocenters. The largest absolute Gasteiger partial charge is 0.295 e. The van der Waals surface area contributed by atoms with E-state index in [2.05, 4.69) is 32.9 Å². The van der Waals surface area contributed by atoms with Crippen molar-refractivity contribution in [1.82, 2.24) is 0 Å². The van der Waals surface area contributed by atoms with Crippen LogP contribution in [0.1, 0.15) is 59.3 Å². The predicted molar refractivity (Wildman–Crippen MR) is 69.4 cm³/mol. The van der Waals surface area contributed by atoms with E-state index in [9.17, 15) is 4.79 Å². The Kier molecular flexibility index (Phi) is 5.51. The lowest BCUT2D eigenvalue weighted by atomic mass is 9.91. The molecule has 0 aromatic carbocycles. The first-order chi connectivity index (χ1) is 7.70. The number of hydrogen-bond acceptors (Lipinski definition) is 1. The lowest BCUT2D eigenvalue weighted by Gasteiger charge is -2.13. The second-order valence-corrected chi connectivity index (χ2v) is 4.65. The molecule has 1 unspecified atom stereocenters. The van der Waals surface area contributed by atoms with Gasteiger partial charge in [0.25, 0.3) is 0 Å². The third kappa shape index (κ3) is 3.33. The van der Waals surface area contributed by atoms with Gasteiger partial charge in [0.15, 0.2) is 5.78 Å². The van der Waals surface area contributed by atoms with E-state index in [0.29, 0.717) is 11.7 Å². The summed E-state index contributed by atoms with van der Waals surface area (Å²) in [4.78, 5) is 11.8. The van der Waals surface area contributed by atoms with Crippen LogP contribution in [-0.4, -0.2) is 5.78 Å². The Balaban J connectivity index is 2.55. The number of allylic oxidation sites excluding steroid dienone is 4.